The van der Waals surface area contributed by atoms with Crippen LogP contribution < -0.4 is 5.32 Å². The van der Waals surface area contributed by atoms with Gasteiger partial charge in [-0.2, -0.15) is 0 Å². The largest absolute Gasteiger partial charge is 0.480 e. The molecule has 0 bridgehead atoms. The average Bonchev–Trinajstić information content (AvgIpc) is 2.32. The van der Waals surface area contributed by atoms with Crippen molar-refractivity contribution >= 4 is 29.3 Å². The van der Waals surface area contributed by atoms with Gasteiger partial charge in [-0.1, -0.05) is 17.7 Å². The predicted molar refractivity (Wildman–Crippen MR) is 74.7 cm³/mol. The third-order valence-corrected chi connectivity index (χ3v) is 3.50. The molecule has 0 aliphatic heterocycles. The molecule has 0 unspecified atom stereocenters. The number of likely N-dealkylation sites (N-methyl/N-ethyl adjacent to an activating group) is 1. The number of benzene rings is 1. The van der Waals surface area contributed by atoms with Crippen LogP contribution in [0.5, 0.6) is 0 Å². The zero-order chi connectivity index (χ0) is 14.8. The van der Waals surface area contributed by atoms with E-state index >= 15 is 0 Å². The number of amides is 2. The van der Waals surface area contributed by atoms with E-state index in [4.69, 9.17) is 16.7 Å². The lowest BCUT2D eigenvalue weighted by Gasteiger charge is -2.31. The lowest BCUT2D eigenvalue weighted by molar-refractivity contribution is -0.146. The molecule has 0 radical (unpaired) electrons. The minimum atomic E-state index is -1.29. The highest BCUT2D eigenvalue weighted by Gasteiger charge is 2.35. The molecular formula is C13H17ClN2O3. The molecule has 0 saturated carbocycles. The Hall–Kier alpha value is -1.75. The van der Waals surface area contributed by atoms with Crippen LogP contribution in [0.4, 0.5) is 10.5 Å². The molecule has 104 valence electrons. The highest BCUT2D eigenvalue weighted by atomic mass is 35.5. The summed E-state index contributed by atoms with van der Waals surface area (Å²) < 4.78 is 0. The third-order valence-electron chi connectivity index (χ3n) is 3.09. The maximum Gasteiger partial charge on any atom is 0.329 e. The van der Waals surface area contributed by atoms with Gasteiger partial charge in [0.1, 0.15) is 5.54 Å². The maximum atomic E-state index is 12.0. The molecule has 0 atom stereocenters. The van der Waals surface area contributed by atoms with Gasteiger partial charge in [-0.25, -0.2) is 9.59 Å². The van der Waals surface area contributed by atoms with E-state index in [-0.39, 0.29) is 0 Å². The fraction of sp³-hybridized carbons (Fsp3) is 0.385. The maximum absolute atomic E-state index is 12.0. The second-order valence-electron chi connectivity index (χ2n) is 4.82. The number of halogens is 1. The van der Waals surface area contributed by atoms with Crippen LogP contribution in [0.1, 0.15) is 19.4 Å². The topological polar surface area (TPSA) is 69.6 Å². The zero-order valence-corrected chi connectivity index (χ0v) is 12.1. The fourth-order valence-corrected chi connectivity index (χ4v) is 1.46. The molecule has 2 N–H and O–H groups in total. The van der Waals surface area contributed by atoms with E-state index in [0.29, 0.717) is 10.7 Å². The van der Waals surface area contributed by atoms with Crippen molar-refractivity contribution < 1.29 is 14.7 Å². The minimum absolute atomic E-state index is 0.507. The van der Waals surface area contributed by atoms with Gasteiger partial charge in [0.05, 0.1) is 0 Å². The summed E-state index contributed by atoms with van der Waals surface area (Å²) in [6.07, 6.45) is 0. The predicted octanol–water partition coefficient (Wildman–Crippen LogP) is 2.98. The highest BCUT2D eigenvalue weighted by molar-refractivity contribution is 6.31. The molecule has 0 heterocycles. The first kappa shape index (κ1) is 15.3. The first-order chi connectivity index (χ1) is 8.66. The standard InChI is InChI=1S/C13H17ClN2O3/c1-8-5-6-9(7-10(8)14)15-12(19)16(4)13(2,3)11(17)18/h5-7H,1-4H3,(H,15,19)(H,17,18). The van der Waals surface area contributed by atoms with Gasteiger partial charge in [0, 0.05) is 17.8 Å². The van der Waals surface area contributed by atoms with Gasteiger partial charge in [0.2, 0.25) is 0 Å². The number of carbonyl (C=O) groups excluding carboxylic acids is 1. The molecule has 1 rings (SSSR count). The van der Waals surface area contributed by atoms with E-state index in [0.717, 1.165) is 10.5 Å². The van der Waals surface area contributed by atoms with Gasteiger partial charge in [-0.3, -0.25) is 0 Å². The Labute approximate surface area is 117 Å². The van der Waals surface area contributed by atoms with Crippen LogP contribution in [0.2, 0.25) is 5.02 Å². The second-order valence-corrected chi connectivity index (χ2v) is 5.22. The SMILES string of the molecule is Cc1ccc(NC(=O)N(C)C(C)(C)C(=O)O)cc1Cl. The molecule has 0 aliphatic carbocycles. The van der Waals surface area contributed by atoms with E-state index in [1.54, 1.807) is 18.2 Å². The van der Waals surface area contributed by atoms with Crippen molar-refractivity contribution in [3.05, 3.63) is 28.8 Å². The summed E-state index contributed by atoms with van der Waals surface area (Å²) in [5, 5.41) is 12.2. The first-order valence-corrected chi connectivity index (χ1v) is 6.08. The van der Waals surface area contributed by atoms with Crippen molar-refractivity contribution in [1.29, 1.82) is 0 Å². The number of urea groups is 1. The van der Waals surface area contributed by atoms with E-state index in [1.165, 1.54) is 20.9 Å². The van der Waals surface area contributed by atoms with E-state index in [1.807, 2.05) is 6.92 Å². The van der Waals surface area contributed by atoms with Crippen molar-refractivity contribution in [2.75, 3.05) is 12.4 Å². The minimum Gasteiger partial charge on any atom is -0.480 e. The van der Waals surface area contributed by atoms with Gasteiger partial charge < -0.3 is 15.3 Å². The van der Waals surface area contributed by atoms with Crippen molar-refractivity contribution in [2.24, 2.45) is 0 Å². The van der Waals surface area contributed by atoms with Gasteiger partial charge in [-0.05, 0) is 38.5 Å². The van der Waals surface area contributed by atoms with Crippen molar-refractivity contribution in [1.82, 2.24) is 4.90 Å². The number of aryl methyl sites for hydroxylation is 1. The van der Waals surface area contributed by atoms with Gasteiger partial charge in [0.25, 0.3) is 0 Å². The number of rotatable bonds is 3. The van der Waals surface area contributed by atoms with Crippen molar-refractivity contribution in [3.63, 3.8) is 0 Å². The van der Waals surface area contributed by atoms with Crippen molar-refractivity contribution in [3.8, 4) is 0 Å². The van der Waals surface area contributed by atoms with Crippen LogP contribution in [0.3, 0.4) is 0 Å². The lowest BCUT2D eigenvalue weighted by Crippen LogP contribution is -2.52. The summed E-state index contributed by atoms with van der Waals surface area (Å²) in [4.78, 5) is 24.2. The Bertz CT molecular complexity index is 515. The Morgan fingerprint density at radius 2 is 1.95 bits per heavy atom. The molecule has 2 amide bonds. The summed E-state index contributed by atoms with van der Waals surface area (Å²) in [6.45, 7) is 4.77. The van der Waals surface area contributed by atoms with E-state index < -0.39 is 17.5 Å². The Kier molecular flexibility index (Phi) is 4.42. The van der Waals surface area contributed by atoms with E-state index in [9.17, 15) is 9.59 Å². The highest BCUT2D eigenvalue weighted by Crippen LogP contribution is 2.21. The summed E-state index contributed by atoms with van der Waals surface area (Å²) in [7, 11) is 1.43. The molecule has 0 fully saturated rings. The van der Waals surface area contributed by atoms with Crippen LogP contribution in [0, 0.1) is 6.92 Å². The summed E-state index contributed by atoms with van der Waals surface area (Å²) in [5.74, 6) is -1.08. The number of nitrogens with one attached hydrogen (secondary N) is 1. The molecule has 0 saturated heterocycles. The first-order valence-electron chi connectivity index (χ1n) is 5.70. The Balaban J connectivity index is 2.85. The summed E-state index contributed by atoms with van der Waals surface area (Å²) >= 11 is 5.96. The number of aliphatic carboxylic acids is 1. The normalized spacial score (nSPS) is 11.0. The van der Waals surface area contributed by atoms with Crippen molar-refractivity contribution in [2.45, 2.75) is 26.3 Å². The molecule has 1 aromatic carbocycles. The number of hydrogen-bond donors (Lipinski definition) is 2. The van der Waals surface area contributed by atoms with Gasteiger partial charge >= 0.3 is 12.0 Å². The smallest absolute Gasteiger partial charge is 0.329 e. The second kappa shape index (κ2) is 5.48. The molecule has 6 heteroatoms. The Morgan fingerprint density at radius 3 is 2.42 bits per heavy atom. The molecule has 19 heavy (non-hydrogen) atoms. The molecular weight excluding hydrogens is 268 g/mol. The lowest BCUT2D eigenvalue weighted by atomic mass is 10.1. The van der Waals surface area contributed by atoms with Crippen LogP contribution in [-0.2, 0) is 4.79 Å². The quantitative estimate of drug-likeness (QED) is 0.896. The third kappa shape index (κ3) is 3.38. The number of carboxylic acids is 1. The number of anilines is 1. The average molecular weight is 285 g/mol. The van der Waals surface area contributed by atoms with Gasteiger partial charge in [-0.15, -0.1) is 0 Å². The number of hydrogen-bond acceptors (Lipinski definition) is 2. The number of carboxylic acid groups (broad SMARTS) is 1. The summed E-state index contributed by atoms with van der Waals surface area (Å²) in [6, 6.07) is 4.60. The number of nitrogens with zero attached hydrogens (tertiary/aromatic N) is 1. The van der Waals surface area contributed by atoms with E-state index in [2.05, 4.69) is 5.32 Å². The van der Waals surface area contributed by atoms with Crippen LogP contribution in [-0.4, -0.2) is 34.6 Å². The fourth-order valence-electron chi connectivity index (χ4n) is 1.28. The molecule has 5 nitrogen and oxygen atoms in total. The zero-order valence-electron chi connectivity index (χ0n) is 11.3. The monoisotopic (exact) mass is 284 g/mol. The van der Waals surface area contributed by atoms with Crippen LogP contribution in [0.15, 0.2) is 18.2 Å². The Morgan fingerprint density at radius 1 is 1.37 bits per heavy atom. The molecule has 0 spiro atoms. The molecule has 0 aliphatic rings. The van der Waals surface area contributed by atoms with Crippen LogP contribution in [0.25, 0.3) is 0 Å². The van der Waals surface area contributed by atoms with Gasteiger partial charge in [0.15, 0.2) is 0 Å². The molecule has 0 aromatic heterocycles. The number of carbonyl (C=O) groups is 2. The van der Waals surface area contributed by atoms with Crippen LogP contribution >= 0.6 is 11.6 Å². The summed E-state index contributed by atoms with van der Waals surface area (Å²) in [5.41, 5.74) is 0.131. The molecule has 1 aromatic rings.